The van der Waals surface area contributed by atoms with Gasteiger partial charge in [-0.1, -0.05) is 48.9 Å². The molecule has 10 heteroatoms. The Morgan fingerprint density at radius 2 is 1.76 bits per heavy atom. The number of halogens is 1. The maximum absolute atomic E-state index is 13.6. The van der Waals surface area contributed by atoms with Crippen molar-refractivity contribution in [3.05, 3.63) is 59.1 Å². The number of methoxy groups -OCH3 is 1. The molecule has 0 radical (unpaired) electrons. The molecule has 0 fully saturated rings. The van der Waals surface area contributed by atoms with Gasteiger partial charge in [0.25, 0.3) is 0 Å². The van der Waals surface area contributed by atoms with Crippen molar-refractivity contribution in [2.24, 2.45) is 0 Å². The van der Waals surface area contributed by atoms with Crippen LogP contribution in [0.4, 0.5) is 5.69 Å². The van der Waals surface area contributed by atoms with Gasteiger partial charge in [-0.25, -0.2) is 8.42 Å². The van der Waals surface area contributed by atoms with Crippen molar-refractivity contribution in [2.45, 2.75) is 45.8 Å². The first-order valence-corrected chi connectivity index (χ1v) is 13.2. The summed E-state index contributed by atoms with van der Waals surface area (Å²) in [5.41, 5.74) is 1.05. The van der Waals surface area contributed by atoms with E-state index in [0.717, 1.165) is 16.1 Å². The van der Waals surface area contributed by atoms with E-state index in [2.05, 4.69) is 5.32 Å². The summed E-state index contributed by atoms with van der Waals surface area (Å²) in [6.45, 7) is 5.16. The molecular weight excluding hydrogens is 478 g/mol. The van der Waals surface area contributed by atoms with Gasteiger partial charge in [-0.15, -0.1) is 0 Å². The van der Waals surface area contributed by atoms with E-state index in [4.69, 9.17) is 16.3 Å². The Labute approximate surface area is 206 Å². The summed E-state index contributed by atoms with van der Waals surface area (Å²) >= 11 is 6.20. The summed E-state index contributed by atoms with van der Waals surface area (Å²) in [5.74, 6) is -0.417. The van der Waals surface area contributed by atoms with Crippen molar-refractivity contribution in [3.8, 4) is 5.75 Å². The lowest BCUT2D eigenvalue weighted by molar-refractivity contribution is -0.140. The standard InChI is InChI=1S/C24H32ClN3O5S/c1-6-21(24(30)26-17(2)3)27(15-18-10-8-7-9-11-18)23(29)16-28(34(5,31)32)19-12-13-22(33-4)20(25)14-19/h7-14,17,21H,6,15-16H2,1-5H3,(H,26,30)/t21-/m1/s1. The van der Waals surface area contributed by atoms with Crippen LogP contribution in [0.25, 0.3) is 0 Å². The Bertz CT molecular complexity index is 1090. The van der Waals surface area contributed by atoms with Crippen LogP contribution in [0.5, 0.6) is 5.75 Å². The molecule has 0 aliphatic rings. The number of nitrogens with one attached hydrogen (secondary N) is 1. The molecule has 2 aromatic carbocycles. The molecule has 0 saturated heterocycles. The van der Waals surface area contributed by atoms with Gasteiger partial charge in [-0.2, -0.15) is 0 Å². The van der Waals surface area contributed by atoms with Crippen molar-refractivity contribution in [1.29, 1.82) is 0 Å². The molecule has 2 rings (SSSR count). The molecule has 0 heterocycles. The van der Waals surface area contributed by atoms with Gasteiger partial charge in [0.15, 0.2) is 0 Å². The third kappa shape index (κ3) is 7.36. The van der Waals surface area contributed by atoms with Gasteiger partial charge in [-0.05, 0) is 44.0 Å². The van der Waals surface area contributed by atoms with Gasteiger partial charge in [0.1, 0.15) is 18.3 Å². The van der Waals surface area contributed by atoms with Crippen LogP contribution in [-0.4, -0.2) is 57.1 Å². The summed E-state index contributed by atoms with van der Waals surface area (Å²) in [4.78, 5) is 27.9. The smallest absolute Gasteiger partial charge is 0.244 e. The second kappa shape index (κ2) is 12.1. The Kier molecular flexibility index (Phi) is 9.76. The second-order valence-corrected chi connectivity index (χ2v) is 10.5. The van der Waals surface area contributed by atoms with E-state index in [1.807, 2.05) is 51.1 Å². The van der Waals surface area contributed by atoms with E-state index in [9.17, 15) is 18.0 Å². The van der Waals surface area contributed by atoms with Gasteiger partial charge in [0.2, 0.25) is 21.8 Å². The fourth-order valence-electron chi connectivity index (χ4n) is 3.50. The highest BCUT2D eigenvalue weighted by Gasteiger charge is 2.32. The molecule has 2 amide bonds. The Balaban J connectivity index is 2.44. The third-order valence-corrected chi connectivity index (χ3v) is 6.55. The predicted octanol–water partition coefficient (Wildman–Crippen LogP) is 3.45. The molecule has 186 valence electrons. The molecule has 0 bridgehead atoms. The second-order valence-electron chi connectivity index (χ2n) is 8.18. The number of hydrogen-bond donors (Lipinski definition) is 1. The first kappa shape index (κ1) is 27.5. The minimum atomic E-state index is -3.84. The quantitative estimate of drug-likeness (QED) is 0.500. The molecular formula is C24H32ClN3O5S. The minimum Gasteiger partial charge on any atom is -0.495 e. The average Bonchev–Trinajstić information content (AvgIpc) is 2.76. The maximum Gasteiger partial charge on any atom is 0.244 e. The van der Waals surface area contributed by atoms with E-state index in [-0.39, 0.29) is 29.2 Å². The number of rotatable bonds is 11. The first-order valence-electron chi connectivity index (χ1n) is 10.9. The number of anilines is 1. The van der Waals surface area contributed by atoms with Gasteiger partial charge < -0.3 is 15.0 Å². The molecule has 1 N–H and O–H groups in total. The van der Waals surface area contributed by atoms with E-state index in [0.29, 0.717) is 12.2 Å². The van der Waals surface area contributed by atoms with Gasteiger partial charge in [0, 0.05) is 12.6 Å². The normalized spacial score (nSPS) is 12.2. The minimum absolute atomic E-state index is 0.107. The van der Waals surface area contributed by atoms with Crippen LogP contribution in [0.3, 0.4) is 0 Å². The molecule has 0 spiro atoms. The molecule has 8 nitrogen and oxygen atoms in total. The van der Waals surface area contributed by atoms with Crippen molar-refractivity contribution in [1.82, 2.24) is 10.2 Å². The SMILES string of the molecule is CC[C@H](C(=O)NC(C)C)N(Cc1ccccc1)C(=O)CN(c1ccc(OC)c(Cl)c1)S(C)(=O)=O. The van der Waals surface area contributed by atoms with Crippen LogP contribution in [0, 0.1) is 0 Å². The topological polar surface area (TPSA) is 96.0 Å². The van der Waals surface area contributed by atoms with Crippen molar-refractivity contribution in [2.75, 3.05) is 24.2 Å². The van der Waals surface area contributed by atoms with Gasteiger partial charge >= 0.3 is 0 Å². The molecule has 0 aliphatic carbocycles. The van der Waals surface area contributed by atoms with E-state index in [1.54, 1.807) is 0 Å². The van der Waals surface area contributed by atoms with E-state index < -0.39 is 28.5 Å². The molecule has 34 heavy (non-hydrogen) atoms. The summed E-state index contributed by atoms with van der Waals surface area (Å²) < 4.78 is 31.4. The zero-order chi connectivity index (χ0) is 25.5. The van der Waals surface area contributed by atoms with Crippen molar-refractivity contribution < 1.29 is 22.7 Å². The number of amides is 2. The van der Waals surface area contributed by atoms with Gasteiger partial charge in [-0.3, -0.25) is 13.9 Å². The summed E-state index contributed by atoms with van der Waals surface area (Å²) in [5, 5.41) is 3.07. The summed E-state index contributed by atoms with van der Waals surface area (Å²) in [6.07, 6.45) is 1.38. The third-order valence-electron chi connectivity index (χ3n) is 5.12. The lowest BCUT2D eigenvalue weighted by atomic mass is 10.1. The number of carbonyl (C=O) groups excluding carboxylic acids is 2. The number of carbonyl (C=O) groups is 2. The predicted molar refractivity (Wildman–Crippen MR) is 135 cm³/mol. The number of nitrogens with zero attached hydrogens (tertiary/aromatic N) is 2. The lowest BCUT2D eigenvalue weighted by Crippen LogP contribution is -2.53. The van der Waals surface area contributed by atoms with E-state index in [1.165, 1.54) is 30.2 Å². The largest absolute Gasteiger partial charge is 0.495 e. The number of sulfonamides is 1. The molecule has 2 aromatic rings. The molecule has 0 aromatic heterocycles. The fraction of sp³-hybridized carbons (Fsp3) is 0.417. The van der Waals surface area contributed by atoms with Crippen molar-refractivity contribution >= 4 is 39.1 Å². The lowest BCUT2D eigenvalue weighted by Gasteiger charge is -2.33. The summed E-state index contributed by atoms with van der Waals surface area (Å²) in [6, 6.07) is 12.9. The number of ether oxygens (including phenoxy) is 1. The van der Waals surface area contributed by atoms with Crippen LogP contribution in [0.15, 0.2) is 48.5 Å². The van der Waals surface area contributed by atoms with Crippen LogP contribution < -0.4 is 14.4 Å². The molecule has 0 saturated carbocycles. The summed E-state index contributed by atoms with van der Waals surface area (Å²) in [7, 11) is -2.39. The van der Waals surface area contributed by atoms with Crippen LogP contribution >= 0.6 is 11.6 Å². The first-order chi connectivity index (χ1) is 16.0. The molecule has 0 unspecified atom stereocenters. The number of benzene rings is 2. The van der Waals surface area contributed by atoms with Crippen molar-refractivity contribution in [3.63, 3.8) is 0 Å². The molecule has 1 atom stereocenters. The van der Waals surface area contributed by atoms with Crippen LogP contribution in [0.1, 0.15) is 32.8 Å². The Morgan fingerprint density at radius 3 is 2.26 bits per heavy atom. The molecule has 0 aliphatic heterocycles. The number of hydrogen-bond acceptors (Lipinski definition) is 5. The Morgan fingerprint density at radius 1 is 1.12 bits per heavy atom. The maximum atomic E-state index is 13.6. The average molecular weight is 510 g/mol. The highest BCUT2D eigenvalue weighted by atomic mass is 35.5. The highest BCUT2D eigenvalue weighted by Crippen LogP contribution is 2.30. The zero-order valence-corrected chi connectivity index (χ0v) is 21.7. The van der Waals surface area contributed by atoms with Gasteiger partial charge in [0.05, 0.1) is 24.1 Å². The van der Waals surface area contributed by atoms with Crippen LogP contribution in [-0.2, 0) is 26.2 Å². The zero-order valence-electron chi connectivity index (χ0n) is 20.1. The monoisotopic (exact) mass is 509 g/mol. The van der Waals surface area contributed by atoms with Crippen LogP contribution in [0.2, 0.25) is 5.02 Å². The highest BCUT2D eigenvalue weighted by molar-refractivity contribution is 7.92. The fourth-order valence-corrected chi connectivity index (χ4v) is 4.60. The van der Waals surface area contributed by atoms with E-state index >= 15 is 0 Å². The Hall–Kier alpha value is -2.78.